The number of nitrogens with one attached hydrogen (secondary N) is 1. The number of anilines is 1. The van der Waals surface area contributed by atoms with E-state index < -0.39 is 0 Å². The Balaban J connectivity index is 2.27. The summed E-state index contributed by atoms with van der Waals surface area (Å²) in [7, 11) is 0. The minimum atomic E-state index is -0.01000. The monoisotopic (exact) mass is 248 g/mol. The number of rotatable bonds is 1. The maximum Gasteiger partial charge on any atom is 0.309 e. The molecule has 0 aliphatic carbocycles. The van der Waals surface area contributed by atoms with Crippen molar-refractivity contribution in [1.82, 2.24) is 5.43 Å². The van der Waals surface area contributed by atoms with Gasteiger partial charge in [-0.2, -0.15) is 0 Å². The van der Waals surface area contributed by atoms with E-state index in [0.29, 0.717) is 0 Å². The fourth-order valence-corrected chi connectivity index (χ4v) is 2.33. The van der Waals surface area contributed by atoms with Crippen molar-refractivity contribution in [2.75, 3.05) is 5.01 Å². The van der Waals surface area contributed by atoms with E-state index in [1.807, 2.05) is 35.7 Å². The molecule has 1 aliphatic heterocycles. The molecule has 1 N–H and O–H groups in total. The maximum absolute atomic E-state index is 11.8. The Bertz CT molecular complexity index is 448. The first-order valence-corrected chi connectivity index (χ1v) is 6.39. The standard InChI is InChI=1S/C13H16N2OS/c1-13(2,3)11-9-17-12(16)15(14-11)10-7-5-4-6-8-10/h4-9,14H,1-3H3. The molecule has 0 spiro atoms. The van der Waals surface area contributed by atoms with Gasteiger partial charge in [0, 0.05) is 16.5 Å². The van der Waals surface area contributed by atoms with E-state index in [4.69, 9.17) is 0 Å². The summed E-state index contributed by atoms with van der Waals surface area (Å²) in [5.41, 5.74) is 5.09. The van der Waals surface area contributed by atoms with Gasteiger partial charge >= 0.3 is 5.24 Å². The molecule has 1 amide bonds. The average Bonchev–Trinajstić information content (AvgIpc) is 2.29. The molecule has 2 rings (SSSR count). The second-order valence-corrected chi connectivity index (χ2v) is 5.77. The average molecular weight is 248 g/mol. The number of allylic oxidation sites excluding steroid dienone is 1. The van der Waals surface area contributed by atoms with E-state index in [9.17, 15) is 4.79 Å². The highest BCUT2D eigenvalue weighted by Crippen LogP contribution is 2.31. The van der Waals surface area contributed by atoms with Crippen LogP contribution < -0.4 is 10.4 Å². The molecule has 0 saturated heterocycles. The van der Waals surface area contributed by atoms with Gasteiger partial charge in [0.2, 0.25) is 0 Å². The van der Waals surface area contributed by atoms with Crippen LogP contribution in [0.2, 0.25) is 0 Å². The van der Waals surface area contributed by atoms with Crippen molar-refractivity contribution in [3.63, 3.8) is 0 Å². The van der Waals surface area contributed by atoms with Crippen LogP contribution >= 0.6 is 11.8 Å². The van der Waals surface area contributed by atoms with Crippen molar-refractivity contribution in [2.45, 2.75) is 20.8 Å². The minimum Gasteiger partial charge on any atom is -0.294 e. The molecule has 0 atom stereocenters. The van der Waals surface area contributed by atoms with Gasteiger partial charge in [-0.1, -0.05) is 39.0 Å². The van der Waals surface area contributed by atoms with Crippen LogP contribution in [0, 0.1) is 5.41 Å². The lowest BCUT2D eigenvalue weighted by Crippen LogP contribution is -2.45. The Morgan fingerprint density at radius 2 is 1.82 bits per heavy atom. The molecule has 0 bridgehead atoms. The van der Waals surface area contributed by atoms with Crippen LogP contribution in [0.25, 0.3) is 0 Å². The van der Waals surface area contributed by atoms with Crippen LogP contribution in [0.5, 0.6) is 0 Å². The smallest absolute Gasteiger partial charge is 0.294 e. The predicted molar refractivity (Wildman–Crippen MR) is 72.6 cm³/mol. The number of carbonyl (C=O) groups is 1. The Labute approximate surface area is 106 Å². The van der Waals surface area contributed by atoms with Gasteiger partial charge in [-0.05, 0) is 23.9 Å². The summed E-state index contributed by atoms with van der Waals surface area (Å²) in [6.45, 7) is 6.35. The highest BCUT2D eigenvalue weighted by Gasteiger charge is 2.27. The van der Waals surface area contributed by atoms with Crippen LogP contribution in [0.15, 0.2) is 41.4 Å². The van der Waals surface area contributed by atoms with Crippen LogP contribution in [-0.4, -0.2) is 5.24 Å². The van der Waals surface area contributed by atoms with Gasteiger partial charge in [0.1, 0.15) is 0 Å². The largest absolute Gasteiger partial charge is 0.309 e. The molecule has 1 aromatic rings. The third-order valence-electron chi connectivity index (χ3n) is 2.51. The Hall–Kier alpha value is -1.42. The summed E-state index contributed by atoms with van der Waals surface area (Å²) in [6.07, 6.45) is 0. The second kappa shape index (κ2) is 4.45. The normalized spacial score (nSPS) is 16.5. The first kappa shape index (κ1) is 12.0. The lowest BCUT2D eigenvalue weighted by atomic mass is 9.93. The Kier molecular flexibility index (Phi) is 3.15. The van der Waals surface area contributed by atoms with E-state index in [0.717, 1.165) is 11.4 Å². The van der Waals surface area contributed by atoms with Crippen LogP contribution in [0.1, 0.15) is 20.8 Å². The van der Waals surface area contributed by atoms with Gasteiger partial charge in [0.05, 0.1) is 5.69 Å². The first-order chi connectivity index (χ1) is 7.98. The molecule has 0 fully saturated rings. The van der Waals surface area contributed by atoms with Crippen molar-refractivity contribution >= 4 is 22.7 Å². The zero-order valence-corrected chi connectivity index (χ0v) is 11.0. The van der Waals surface area contributed by atoms with E-state index >= 15 is 0 Å². The number of benzene rings is 1. The minimum absolute atomic E-state index is 0.000725. The van der Waals surface area contributed by atoms with E-state index in [-0.39, 0.29) is 10.7 Å². The summed E-state index contributed by atoms with van der Waals surface area (Å²) in [6, 6.07) is 9.60. The zero-order chi connectivity index (χ0) is 12.5. The first-order valence-electron chi connectivity index (χ1n) is 5.51. The van der Waals surface area contributed by atoms with Gasteiger partial charge in [-0.25, -0.2) is 5.01 Å². The topological polar surface area (TPSA) is 32.3 Å². The Morgan fingerprint density at radius 3 is 2.41 bits per heavy atom. The van der Waals surface area contributed by atoms with Crippen LogP contribution in [0.3, 0.4) is 0 Å². The lowest BCUT2D eigenvalue weighted by molar-refractivity contribution is 0.262. The summed E-state index contributed by atoms with van der Waals surface area (Å²) in [5, 5.41) is 3.47. The van der Waals surface area contributed by atoms with Crippen molar-refractivity contribution < 1.29 is 4.79 Å². The number of hydrogen-bond donors (Lipinski definition) is 1. The van der Waals surface area contributed by atoms with Gasteiger partial charge in [-0.3, -0.25) is 10.2 Å². The third-order valence-corrected chi connectivity index (χ3v) is 3.25. The molecule has 0 unspecified atom stereocenters. The number of hydrogen-bond acceptors (Lipinski definition) is 3. The number of amides is 1. The van der Waals surface area contributed by atoms with Crippen molar-refractivity contribution in [3.8, 4) is 0 Å². The van der Waals surface area contributed by atoms with Crippen molar-refractivity contribution in [1.29, 1.82) is 0 Å². The maximum atomic E-state index is 11.8. The summed E-state index contributed by atoms with van der Waals surface area (Å²) >= 11 is 1.22. The Morgan fingerprint density at radius 1 is 1.18 bits per heavy atom. The van der Waals surface area contributed by atoms with Gasteiger partial charge < -0.3 is 0 Å². The van der Waals surface area contributed by atoms with Crippen LogP contribution in [-0.2, 0) is 0 Å². The molecule has 3 nitrogen and oxygen atoms in total. The van der Waals surface area contributed by atoms with Crippen molar-refractivity contribution in [2.24, 2.45) is 5.41 Å². The number of thioether (sulfide) groups is 1. The molecular weight excluding hydrogens is 232 g/mol. The predicted octanol–water partition coefficient (Wildman–Crippen LogP) is 3.75. The molecule has 1 aromatic carbocycles. The van der Waals surface area contributed by atoms with E-state index in [2.05, 4.69) is 26.2 Å². The van der Waals surface area contributed by atoms with Gasteiger partial charge in [0.15, 0.2) is 0 Å². The van der Waals surface area contributed by atoms with Gasteiger partial charge in [0.25, 0.3) is 0 Å². The molecule has 1 heterocycles. The fourth-order valence-electron chi connectivity index (χ4n) is 1.45. The van der Waals surface area contributed by atoms with Gasteiger partial charge in [-0.15, -0.1) is 0 Å². The summed E-state index contributed by atoms with van der Waals surface area (Å²) in [4.78, 5) is 11.8. The molecule has 17 heavy (non-hydrogen) atoms. The molecule has 0 aromatic heterocycles. The SMILES string of the molecule is CC(C)(C)C1=CSC(=O)N(c2ccccc2)N1. The van der Waals surface area contributed by atoms with Crippen molar-refractivity contribution in [3.05, 3.63) is 41.4 Å². The highest BCUT2D eigenvalue weighted by atomic mass is 32.2. The second-order valence-electron chi connectivity index (χ2n) is 4.95. The number of para-hydroxylation sites is 1. The quantitative estimate of drug-likeness (QED) is 0.821. The zero-order valence-electron chi connectivity index (χ0n) is 10.2. The fraction of sp³-hybridized carbons (Fsp3) is 0.308. The molecule has 0 radical (unpaired) electrons. The molecule has 0 saturated carbocycles. The van der Waals surface area contributed by atoms with E-state index in [1.165, 1.54) is 11.8 Å². The summed E-state index contributed by atoms with van der Waals surface area (Å²) < 4.78 is 0. The molecule has 4 heteroatoms. The number of carbonyl (C=O) groups excluding carboxylic acids is 1. The highest BCUT2D eigenvalue weighted by molar-refractivity contribution is 8.16. The number of nitrogens with zero attached hydrogens (tertiary/aromatic N) is 1. The molecule has 90 valence electrons. The molecular formula is C13H16N2OS. The lowest BCUT2D eigenvalue weighted by Gasteiger charge is -2.34. The number of hydrazine groups is 1. The third kappa shape index (κ3) is 2.64. The van der Waals surface area contributed by atoms with E-state index in [1.54, 1.807) is 5.01 Å². The molecule has 1 aliphatic rings. The van der Waals surface area contributed by atoms with Crippen LogP contribution in [0.4, 0.5) is 10.5 Å². The summed E-state index contributed by atoms with van der Waals surface area (Å²) in [5.74, 6) is 0.